The lowest BCUT2D eigenvalue weighted by Crippen LogP contribution is -2.50. The summed E-state index contributed by atoms with van der Waals surface area (Å²) in [6.45, 7) is 2.48. The number of halogens is 2. The molecule has 2 rings (SSSR count). The number of rotatable bonds is 7. The molecule has 0 radical (unpaired) electrons. The average Bonchev–Trinajstić information content (AvgIpc) is 3.04. The molecule has 1 aliphatic carbocycles. The van der Waals surface area contributed by atoms with Gasteiger partial charge in [-0.05, 0) is 43.4 Å². The number of benzene rings is 1. The highest BCUT2D eigenvalue weighted by atomic mass is 79.9. The summed E-state index contributed by atoms with van der Waals surface area (Å²) in [6, 6.07) is 7.37. The lowest BCUT2D eigenvalue weighted by molar-refractivity contribution is -0.126. The molecule has 1 atom stereocenters. The van der Waals surface area contributed by atoms with E-state index in [-0.39, 0.29) is 24.2 Å². The number of nitrogens with two attached hydrogens (primary N) is 1. The first-order valence-corrected chi connectivity index (χ1v) is 9.29. The predicted octanol–water partition coefficient (Wildman–Crippen LogP) is 2.86. The first-order chi connectivity index (χ1) is 11.4. The van der Waals surface area contributed by atoms with E-state index in [0.29, 0.717) is 25.4 Å². The summed E-state index contributed by atoms with van der Waals surface area (Å²) in [5.74, 6) is 0.346. The quantitative estimate of drug-likeness (QED) is 0.579. The van der Waals surface area contributed by atoms with Crippen LogP contribution >= 0.6 is 28.3 Å². The lowest BCUT2D eigenvalue weighted by atomic mass is 9.92. The molecule has 0 aromatic heterocycles. The van der Waals surface area contributed by atoms with Gasteiger partial charge in [0.05, 0.1) is 0 Å². The molecule has 1 aromatic carbocycles. The lowest BCUT2D eigenvalue weighted by Gasteiger charge is -2.24. The van der Waals surface area contributed by atoms with E-state index in [1.807, 2.05) is 24.3 Å². The van der Waals surface area contributed by atoms with Gasteiger partial charge >= 0.3 is 0 Å². The Kier molecular flexibility index (Phi) is 8.89. The van der Waals surface area contributed by atoms with Crippen molar-refractivity contribution < 1.29 is 9.59 Å². The first kappa shape index (κ1) is 21.9. The van der Waals surface area contributed by atoms with Crippen LogP contribution in [-0.4, -0.2) is 24.9 Å². The number of hydrogen-bond acceptors (Lipinski definition) is 3. The molecule has 4 N–H and O–H groups in total. The molecular weight excluding hydrogens is 406 g/mol. The van der Waals surface area contributed by atoms with E-state index in [1.54, 1.807) is 6.92 Å². The molecule has 140 valence electrons. The van der Waals surface area contributed by atoms with Gasteiger partial charge in [0.15, 0.2) is 0 Å². The molecule has 1 unspecified atom stereocenters. The Bertz CT molecular complexity index is 572. The van der Waals surface area contributed by atoms with Crippen LogP contribution in [0.4, 0.5) is 0 Å². The maximum atomic E-state index is 12.3. The minimum Gasteiger partial charge on any atom is -0.354 e. The SMILES string of the molecule is CC(N)(C(=O)NCCNC(=O)CC1CCCC1)c1ccc(Br)cc1.Cl. The second-order valence-corrected chi connectivity index (χ2v) is 7.59. The van der Waals surface area contributed by atoms with Crippen LogP contribution in [0.1, 0.15) is 44.6 Å². The molecule has 0 spiro atoms. The molecular formula is C18H27BrClN3O2. The van der Waals surface area contributed by atoms with Crippen LogP contribution in [0, 0.1) is 5.92 Å². The van der Waals surface area contributed by atoms with Crippen LogP contribution in [0.2, 0.25) is 0 Å². The summed E-state index contributed by atoms with van der Waals surface area (Å²) >= 11 is 3.36. The summed E-state index contributed by atoms with van der Waals surface area (Å²) < 4.78 is 0.937. The smallest absolute Gasteiger partial charge is 0.244 e. The summed E-state index contributed by atoms with van der Waals surface area (Å²) in [4.78, 5) is 24.2. The van der Waals surface area contributed by atoms with Gasteiger partial charge in [0.25, 0.3) is 0 Å². The molecule has 1 fully saturated rings. The molecule has 0 bridgehead atoms. The van der Waals surface area contributed by atoms with E-state index in [1.165, 1.54) is 12.8 Å². The topological polar surface area (TPSA) is 84.2 Å². The van der Waals surface area contributed by atoms with Crippen molar-refractivity contribution in [3.05, 3.63) is 34.3 Å². The van der Waals surface area contributed by atoms with E-state index in [0.717, 1.165) is 22.9 Å². The Labute approximate surface area is 164 Å². The number of hydrogen-bond donors (Lipinski definition) is 3. The summed E-state index contributed by atoms with van der Waals surface area (Å²) in [5, 5.41) is 5.66. The molecule has 5 nitrogen and oxygen atoms in total. The summed E-state index contributed by atoms with van der Waals surface area (Å²) in [7, 11) is 0. The third-order valence-corrected chi connectivity index (χ3v) is 5.13. The highest BCUT2D eigenvalue weighted by Gasteiger charge is 2.30. The summed E-state index contributed by atoms with van der Waals surface area (Å²) in [6.07, 6.45) is 5.38. The van der Waals surface area contributed by atoms with Crippen LogP contribution < -0.4 is 16.4 Å². The summed E-state index contributed by atoms with van der Waals surface area (Å²) in [5.41, 5.74) is 5.81. The van der Waals surface area contributed by atoms with Crippen LogP contribution in [0.15, 0.2) is 28.7 Å². The Balaban J connectivity index is 0.00000312. The van der Waals surface area contributed by atoms with Crippen molar-refractivity contribution in [1.82, 2.24) is 10.6 Å². The highest BCUT2D eigenvalue weighted by Crippen LogP contribution is 2.27. The van der Waals surface area contributed by atoms with Crippen molar-refractivity contribution in [2.75, 3.05) is 13.1 Å². The third kappa shape index (κ3) is 6.60. The molecule has 1 aliphatic rings. The van der Waals surface area contributed by atoms with Gasteiger partial charge < -0.3 is 16.4 Å². The predicted molar refractivity (Wildman–Crippen MR) is 106 cm³/mol. The van der Waals surface area contributed by atoms with Crippen molar-refractivity contribution in [3.63, 3.8) is 0 Å². The fraction of sp³-hybridized carbons (Fsp3) is 0.556. The molecule has 1 saturated carbocycles. The van der Waals surface area contributed by atoms with E-state index < -0.39 is 5.54 Å². The molecule has 2 amide bonds. The monoisotopic (exact) mass is 431 g/mol. The molecule has 0 heterocycles. The number of carbonyl (C=O) groups is 2. The maximum Gasteiger partial charge on any atom is 0.244 e. The van der Waals surface area contributed by atoms with Gasteiger partial charge in [0, 0.05) is 24.0 Å². The highest BCUT2D eigenvalue weighted by molar-refractivity contribution is 9.10. The van der Waals surface area contributed by atoms with E-state index in [9.17, 15) is 9.59 Å². The van der Waals surface area contributed by atoms with Crippen LogP contribution in [-0.2, 0) is 15.1 Å². The fourth-order valence-corrected chi connectivity index (χ4v) is 3.30. The van der Waals surface area contributed by atoms with E-state index >= 15 is 0 Å². The van der Waals surface area contributed by atoms with Gasteiger partial charge in [-0.3, -0.25) is 9.59 Å². The first-order valence-electron chi connectivity index (χ1n) is 8.49. The zero-order chi connectivity index (χ0) is 17.6. The van der Waals surface area contributed by atoms with Crippen molar-refractivity contribution >= 4 is 40.2 Å². The van der Waals surface area contributed by atoms with Crippen LogP contribution in [0.3, 0.4) is 0 Å². The van der Waals surface area contributed by atoms with Gasteiger partial charge in [-0.1, -0.05) is 40.9 Å². The van der Waals surface area contributed by atoms with Gasteiger partial charge in [-0.25, -0.2) is 0 Å². The fourth-order valence-electron chi connectivity index (χ4n) is 3.04. The number of carbonyl (C=O) groups excluding carboxylic acids is 2. The number of nitrogens with one attached hydrogen (secondary N) is 2. The average molecular weight is 433 g/mol. The Morgan fingerprint density at radius 2 is 1.72 bits per heavy atom. The molecule has 7 heteroatoms. The van der Waals surface area contributed by atoms with Crippen molar-refractivity contribution in [2.45, 2.75) is 44.6 Å². The molecule has 0 aliphatic heterocycles. The van der Waals surface area contributed by atoms with Crippen molar-refractivity contribution in [1.29, 1.82) is 0 Å². The maximum absolute atomic E-state index is 12.3. The van der Waals surface area contributed by atoms with E-state index in [4.69, 9.17) is 5.73 Å². The Morgan fingerprint density at radius 1 is 1.16 bits per heavy atom. The Morgan fingerprint density at radius 3 is 2.32 bits per heavy atom. The van der Waals surface area contributed by atoms with Gasteiger partial charge in [0.2, 0.25) is 11.8 Å². The molecule has 25 heavy (non-hydrogen) atoms. The van der Waals surface area contributed by atoms with Crippen LogP contribution in [0.5, 0.6) is 0 Å². The van der Waals surface area contributed by atoms with Crippen molar-refractivity contribution in [2.24, 2.45) is 11.7 Å². The Hall–Kier alpha value is -1.11. The normalized spacial score (nSPS) is 16.6. The molecule has 0 saturated heterocycles. The zero-order valence-corrected chi connectivity index (χ0v) is 16.9. The third-order valence-electron chi connectivity index (χ3n) is 4.60. The van der Waals surface area contributed by atoms with Crippen LogP contribution in [0.25, 0.3) is 0 Å². The second-order valence-electron chi connectivity index (χ2n) is 6.67. The van der Waals surface area contributed by atoms with E-state index in [2.05, 4.69) is 26.6 Å². The zero-order valence-electron chi connectivity index (χ0n) is 14.5. The van der Waals surface area contributed by atoms with Gasteiger partial charge in [-0.15, -0.1) is 12.4 Å². The molecule has 1 aromatic rings. The number of amides is 2. The van der Waals surface area contributed by atoms with Gasteiger partial charge in [-0.2, -0.15) is 0 Å². The second kappa shape index (κ2) is 10.1. The van der Waals surface area contributed by atoms with Crippen molar-refractivity contribution in [3.8, 4) is 0 Å². The minimum atomic E-state index is -1.10. The standard InChI is InChI=1S/C18H26BrN3O2.ClH/c1-18(20,14-6-8-15(19)9-7-14)17(24)22-11-10-21-16(23)12-13-4-2-3-5-13;/h6-9,13H,2-5,10-12,20H2,1H3,(H,21,23)(H,22,24);1H. The minimum absolute atomic E-state index is 0. The largest absolute Gasteiger partial charge is 0.354 e. The van der Waals surface area contributed by atoms with Gasteiger partial charge in [0.1, 0.15) is 5.54 Å².